The number of hydrogen-bond acceptors (Lipinski definition) is 3. The van der Waals surface area contributed by atoms with E-state index in [0.29, 0.717) is 23.4 Å². The van der Waals surface area contributed by atoms with Crippen molar-refractivity contribution in [3.63, 3.8) is 0 Å². The topological polar surface area (TPSA) is 58.6 Å². The van der Waals surface area contributed by atoms with Gasteiger partial charge in [-0.25, -0.2) is 4.79 Å². The summed E-state index contributed by atoms with van der Waals surface area (Å²) in [5.41, 5.74) is 1.01. The maximum absolute atomic E-state index is 11.0. The van der Waals surface area contributed by atoms with Gasteiger partial charge in [-0.3, -0.25) is 0 Å². The van der Waals surface area contributed by atoms with E-state index in [1.54, 1.807) is 25.3 Å². The summed E-state index contributed by atoms with van der Waals surface area (Å²) in [5, 5.41) is 12.2. The van der Waals surface area contributed by atoms with Gasteiger partial charge in [0.05, 0.1) is 11.7 Å². The van der Waals surface area contributed by atoms with Crippen molar-refractivity contribution in [2.45, 2.75) is 25.0 Å². The zero-order valence-corrected chi connectivity index (χ0v) is 9.14. The maximum atomic E-state index is 11.0. The number of carboxylic acids is 1. The third-order valence-electron chi connectivity index (χ3n) is 2.95. The number of nitrogens with one attached hydrogen (secondary N) is 1. The van der Waals surface area contributed by atoms with Crippen LogP contribution in [0.3, 0.4) is 0 Å². The molecule has 1 aromatic carbocycles. The molecule has 1 fully saturated rings. The van der Waals surface area contributed by atoms with Crippen LogP contribution in [-0.4, -0.2) is 30.3 Å². The Morgan fingerprint density at radius 2 is 2.12 bits per heavy atom. The van der Waals surface area contributed by atoms with Crippen molar-refractivity contribution in [3.05, 3.63) is 29.8 Å². The molecular formula is C12H15NO3. The van der Waals surface area contributed by atoms with Gasteiger partial charge in [-0.1, -0.05) is 12.1 Å². The molecule has 0 spiro atoms. The van der Waals surface area contributed by atoms with Crippen molar-refractivity contribution in [1.82, 2.24) is 0 Å². The molecule has 0 atom stereocenters. The Hall–Kier alpha value is -1.55. The van der Waals surface area contributed by atoms with Gasteiger partial charge >= 0.3 is 5.97 Å². The van der Waals surface area contributed by atoms with Gasteiger partial charge in [0.25, 0.3) is 0 Å². The molecule has 0 radical (unpaired) electrons. The number of benzene rings is 1. The third-order valence-corrected chi connectivity index (χ3v) is 2.95. The molecule has 1 saturated carbocycles. The Balaban J connectivity index is 2.02. The molecule has 0 bridgehead atoms. The van der Waals surface area contributed by atoms with E-state index in [4.69, 9.17) is 9.84 Å². The van der Waals surface area contributed by atoms with Gasteiger partial charge in [-0.15, -0.1) is 0 Å². The number of carbonyl (C=O) groups is 1. The number of aromatic carboxylic acids is 1. The van der Waals surface area contributed by atoms with Gasteiger partial charge in [0.15, 0.2) is 0 Å². The van der Waals surface area contributed by atoms with E-state index in [0.717, 1.165) is 12.8 Å². The number of para-hydroxylation sites is 1. The first kappa shape index (κ1) is 11.0. The van der Waals surface area contributed by atoms with Gasteiger partial charge in [-0.05, 0) is 25.0 Å². The highest BCUT2D eigenvalue weighted by atomic mass is 16.5. The second-order valence-corrected chi connectivity index (χ2v) is 4.02. The van der Waals surface area contributed by atoms with Crippen LogP contribution in [0.25, 0.3) is 0 Å². The second-order valence-electron chi connectivity index (χ2n) is 4.02. The summed E-state index contributed by atoms with van der Waals surface area (Å²) >= 11 is 0. The quantitative estimate of drug-likeness (QED) is 0.816. The summed E-state index contributed by atoms with van der Waals surface area (Å²) in [6.45, 7) is 0. The van der Waals surface area contributed by atoms with Crippen LogP contribution in [-0.2, 0) is 4.74 Å². The molecule has 4 nitrogen and oxygen atoms in total. The summed E-state index contributed by atoms with van der Waals surface area (Å²) in [6, 6.07) is 7.29. The van der Waals surface area contributed by atoms with Crippen LogP contribution >= 0.6 is 0 Å². The first-order valence-corrected chi connectivity index (χ1v) is 5.32. The molecule has 0 aromatic heterocycles. The van der Waals surface area contributed by atoms with Crippen LogP contribution in [0.1, 0.15) is 23.2 Å². The van der Waals surface area contributed by atoms with Gasteiger partial charge < -0.3 is 15.2 Å². The zero-order chi connectivity index (χ0) is 11.5. The van der Waals surface area contributed by atoms with Crippen molar-refractivity contribution in [3.8, 4) is 0 Å². The Morgan fingerprint density at radius 3 is 2.75 bits per heavy atom. The predicted octanol–water partition coefficient (Wildman–Crippen LogP) is 1.97. The number of carboxylic acid groups (broad SMARTS) is 1. The highest BCUT2D eigenvalue weighted by Crippen LogP contribution is 2.27. The number of rotatable bonds is 4. The summed E-state index contributed by atoms with van der Waals surface area (Å²) in [5.74, 6) is -0.897. The van der Waals surface area contributed by atoms with Crippen LogP contribution in [0.15, 0.2) is 24.3 Å². The molecule has 16 heavy (non-hydrogen) atoms. The molecule has 2 N–H and O–H groups in total. The fourth-order valence-electron chi connectivity index (χ4n) is 1.89. The largest absolute Gasteiger partial charge is 0.478 e. The lowest BCUT2D eigenvalue weighted by Crippen LogP contribution is -2.40. The number of methoxy groups -OCH3 is 1. The zero-order valence-electron chi connectivity index (χ0n) is 9.14. The summed E-state index contributed by atoms with van der Waals surface area (Å²) in [6.07, 6.45) is 2.18. The SMILES string of the molecule is COC1CC(Nc2ccccc2C(=O)O)C1. The monoisotopic (exact) mass is 221 g/mol. The van der Waals surface area contributed by atoms with Crippen molar-refractivity contribution >= 4 is 11.7 Å². The Morgan fingerprint density at radius 1 is 1.44 bits per heavy atom. The predicted molar refractivity (Wildman–Crippen MR) is 60.8 cm³/mol. The van der Waals surface area contributed by atoms with Gasteiger partial charge in [0.2, 0.25) is 0 Å². The molecule has 86 valence electrons. The summed E-state index contributed by atoms with van der Waals surface area (Å²) < 4.78 is 5.18. The summed E-state index contributed by atoms with van der Waals surface area (Å²) in [4.78, 5) is 11.0. The number of anilines is 1. The van der Waals surface area contributed by atoms with E-state index in [2.05, 4.69) is 5.32 Å². The number of ether oxygens (including phenoxy) is 1. The highest BCUT2D eigenvalue weighted by molar-refractivity contribution is 5.94. The fourth-order valence-corrected chi connectivity index (χ4v) is 1.89. The molecule has 1 aliphatic rings. The molecule has 0 aliphatic heterocycles. The molecule has 0 amide bonds. The second kappa shape index (κ2) is 4.53. The molecule has 0 saturated heterocycles. The highest BCUT2D eigenvalue weighted by Gasteiger charge is 2.29. The first-order chi connectivity index (χ1) is 7.70. The Kier molecular flexibility index (Phi) is 3.10. The van der Waals surface area contributed by atoms with E-state index < -0.39 is 5.97 Å². The van der Waals surface area contributed by atoms with Crippen LogP contribution in [0.5, 0.6) is 0 Å². The fraction of sp³-hybridized carbons (Fsp3) is 0.417. The lowest BCUT2D eigenvalue weighted by molar-refractivity contribution is 0.0328. The van der Waals surface area contributed by atoms with Crippen molar-refractivity contribution in [1.29, 1.82) is 0 Å². The molecule has 0 heterocycles. The van der Waals surface area contributed by atoms with Crippen molar-refractivity contribution in [2.75, 3.05) is 12.4 Å². The minimum Gasteiger partial charge on any atom is -0.478 e. The average molecular weight is 221 g/mol. The van der Waals surface area contributed by atoms with E-state index >= 15 is 0 Å². The minimum atomic E-state index is -0.897. The average Bonchev–Trinajstić information content (AvgIpc) is 2.23. The van der Waals surface area contributed by atoms with Gasteiger partial charge in [-0.2, -0.15) is 0 Å². The minimum absolute atomic E-state index is 0.314. The molecule has 2 rings (SSSR count). The van der Waals surface area contributed by atoms with E-state index in [1.165, 1.54) is 0 Å². The van der Waals surface area contributed by atoms with Crippen LogP contribution in [0.2, 0.25) is 0 Å². The molecule has 1 aromatic rings. The standard InChI is InChI=1S/C12H15NO3/c1-16-9-6-8(7-9)13-11-5-3-2-4-10(11)12(14)15/h2-5,8-9,13H,6-7H2,1H3,(H,14,15). The number of hydrogen-bond donors (Lipinski definition) is 2. The van der Waals surface area contributed by atoms with E-state index in [1.807, 2.05) is 6.07 Å². The van der Waals surface area contributed by atoms with Crippen molar-refractivity contribution < 1.29 is 14.6 Å². The van der Waals surface area contributed by atoms with E-state index in [-0.39, 0.29) is 0 Å². The van der Waals surface area contributed by atoms with Gasteiger partial charge in [0, 0.05) is 18.8 Å². The summed E-state index contributed by atoms with van der Waals surface area (Å²) in [7, 11) is 1.70. The molecule has 4 heteroatoms. The van der Waals surface area contributed by atoms with Crippen molar-refractivity contribution in [2.24, 2.45) is 0 Å². The van der Waals surface area contributed by atoms with Gasteiger partial charge in [0.1, 0.15) is 0 Å². The van der Waals surface area contributed by atoms with Crippen LogP contribution < -0.4 is 5.32 Å². The molecular weight excluding hydrogens is 206 g/mol. The third kappa shape index (κ3) is 2.17. The van der Waals surface area contributed by atoms with Crippen LogP contribution in [0, 0.1) is 0 Å². The smallest absolute Gasteiger partial charge is 0.337 e. The lowest BCUT2D eigenvalue weighted by atomic mass is 9.89. The van der Waals surface area contributed by atoms with Crippen LogP contribution in [0.4, 0.5) is 5.69 Å². The maximum Gasteiger partial charge on any atom is 0.337 e. The lowest BCUT2D eigenvalue weighted by Gasteiger charge is -2.35. The first-order valence-electron chi connectivity index (χ1n) is 5.32. The molecule has 0 unspecified atom stereocenters. The Bertz CT molecular complexity index is 386. The van der Waals surface area contributed by atoms with E-state index in [9.17, 15) is 4.79 Å². The Labute approximate surface area is 94.2 Å². The molecule has 1 aliphatic carbocycles. The normalized spacial score (nSPS) is 23.6.